The van der Waals surface area contributed by atoms with Crippen LogP contribution in [0, 0.1) is 0 Å². The quantitative estimate of drug-likeness (QED) is 0.797. The highest BCUT2D eigenvalue weighted by Gasteiger charge is 2.21. The van der Waals surface area contributed by atoms with Crippen LogP contribution < -0.4 is 4.72 Å². The molecule has 0 heterocycles. The second-order valence-corrected chi connectivity index (χ2v) is 6.52. The average molecular weight is 314 g/mol. The number of carboxylic acid groups (broad SMARTS) is 1. The van der Waals surface area contributed by atoms with Crippen molar-refractivity contribution in [2.75, 3.05) is 18.0 Å². The summed E-state index contributed by atoms with van der Waals surface area (Å²) in [7, 11) is -1.97. The fraction of sp³-hybridized carbons (Fsp3) is 0.385. The molecule has 0 aromatic heterocycles. The zero-order valence-corrected chi connectivity index (χ0v) is 12.8. The molecule has 1 unspecified atom stereocenters. The lowest BCUT2D eigenvalue weighted by atomic mass is 10.1. The number of hydrogen-bond donors (Lipinski definition) is 2. The number of carbonyl (C=O) groups is 2. The number of amides is 1. The molecule has 0 radical (unpaired) electrons. The molecular weight excluding hydrogens is 296 g/mol. The summed E-state index contributed by atoms with van der Waals surface area (Å²) in [5, 5.41) is 8.87. The van der Waals surface area contributed by atoms with Gasteiger partial charge in [0.25, 0.3) is 0 Å². The fourth-order valence-electron chi connectivity index (χ4n) is 1.64. The second kappa shape index (κ2) is 6.57. The Morgan fingerprint density at radius 3 is 2.52 bits per heavy atom. The Labute approximate surface area is 123 Å². The summed E-state index contributed by atoms with van der Waals surface area (Å²) in [4.78, 5) is 24.0. The van der Waals surface area contributed by atoms with Gasteiger partial charge < -0.3 is 10.0 Å². The van der Waals surface area contributed by atoms with Gasteiger partial charge in [0.1, 0.15) is 6.04 Å². The summed E-state index contributed by atoms with van der Waals surface area (Å²) in [6, 6.07) is 5.48. The fourth-order valence-corrected chi connectivity index (χ4v) is 2.19. The van der Waals surface area contributed by atoms with Crippen LogP contribution in [0.15, 0.2) is 24.3 Å². The van der Waals surface area contributed by atoms with Gasteiger partial charge in [0.2, 0.25) is 15.9 Å². The molecule has 0 aliphatic carbocycles. The van der Waals surface area contributed by atoms with E-state index in [1.165, 1.54) is 20.0 Å². The first-order valence-electron chi connectivity index (χ1n) is 6.15. The highest BCUT2D eigenvalue weighted by Crippen LogP contribution is 2.13. The molecule has 0 aliphatic rings. The third-order valence-corrected chi connectivity index (χ3v) is 3.52. The number of aliphatic carboxylic acids is 1. The maximum atomic E-state index is 12.0. The summed E-state index contributed by atoms with van der Waals surface area (Å²) in [6.07, 6.45) is 1.03. The molecule has 0 saturated heterocycles. The van der Waals surface area contributed by atoms with Crippen molar-refractivity contribution in [1.82, 2.24) is 4.90 Å². The Kier molecular flexibility index (Phi) is 5.31. The Morgan fingerprint density at radius 2 is 2.00 bits per heavy atom. The molecule has 0 saturated carbocycles. The van der Waals surface area contributed by atoms with Crippen molar-refractivity contribution in [2.45, 2.75) is 19.4 Å². The Hall–Kier alpha value is -2.09. The van der Waals surface area contributed by atoms with E-state index >= 15 is 0 Å². The van der Waals surface area contributed by atoms with Crippen LogP contribution in [0.2, 0.25) is 0 Å². The first-order valence-corrected chi connectivity index (χ1v) is 8.04. The molecule has 1 aromatic carbocycles. The predicted molar refractivity (Wildman–Crippen MR) is 78.5 cm³/mol. The maximum absolute atomic E-state index is 12.0. The van der Waals surface area contributed by atoms with Gasteiger partial charge in [0.05, 0.1) is 12.7 Å². The van der Waals surface area contributed by atoms with Gasteiger partial charge in [-0.1, -0.05) is 12.1 Å². The minimum absolute atomic E-state index is 0.00655. The SMILES string of the molecule is CC(C(=O)O)N(C)C(=O)Cc1cccc(NS(C)(=O)=O)c1. The van der Waals surface area contributed by atoms with Crippen molar-refractivity contribution < 1.29 is 23.1 Å². The summed E-state index contributed by atoms with van der Waals surface area (Å²) >= 11 is 0. The van der Waals surface area contributed by atoms with Gasteiger partial charge in [-0.05, 0) is 24.6 Å². The van der Waals surface area contributed by atoms with Crippen molar-refractivity contribution in [3.8, 4) is 0 Å². The van der Waals surface area contributed by atoms with Crippen LogP contribution in [0.5, 0.6) is 0 Å². The number of sulfonamides is 1. The van der Waals surface area contributed by atoms with Crippen molar-refractivity contribution >= 4 is 27.6 Å². The molecule has 0 bridgehead atoms. The molecule has 1 atom stereocenters. The minimum atomic E-state index is -3.39. The van der Waals surface area contributed by atoms with Gasteiger partial charge in [0.15, 0.2) is 0 Å². The lowest BCUT2D eigenvalue weighted by molar-refractivity contribution is -0.147. The highest BCUT2D eigenvalue weighted by molar-refractivity contribution is 7.92. The van der Waals surface area contributed by atoms with E-state index < -0.39 is 22.0 Å². The van der Waals surface area contributed by atoms with Gasteiger partial charge in [-0.15, -0.1) is 0 Å². The van der Waals surface area contributed by atoms with Crippen LogP contribution in [-0.2, 0) is 26.0 Å². The topological polar surface area (TPSA) is 104 Å². The largest absolute Gasteiger partial charge is 0.480 e. The number of hydrogen-bond acceptors (Lipinski definition) is 4. The molecular formula is C13H18N2O5S. The summed E-state index contributed by atoms with van der Waals surface area (Å²) in [5.74, 6) is -1.44. The van der Waals surface area contributed by atoms with E-state index in [0.717, 1.165) is 11.2 Å². The molecule has 116 valence electrons. The van der Waals surface area contributed by atoms with E-state index in [1.54, 1.807) is 18.2 Å². The van der Waals surface area contributed by atoms with E-state index in [9.17, 15) is 18.0 Å². The van der Waals surface area contributed by atoms with E-state index in [0.29, 0.717) is 11.3 Å². The van der Waals surface area contributed by atoms with E-state index in [-0.39, 0.29) is 12.3 Å². The molecule has 2 N–H and O–H groups in total. The van der Waals surface area contributed by atoms with Crippen molar-refractivity contribution in [2.24, 2.45) is 0 Å². The van der Waals surface area contributed by atoms with E-state index in [1.807, 2.05) is 0 Å². The Morgan fingerprint density at radius 1 is 1.38 bits per heavy atom. The lowest BCUT2D eigenvalue weighted by Gasteiger charge is -2.21. The molecule has 1 rings (SSSR count). The van der Waals surface area contributed by atoms with Crippen molar-refractivity contribution in [3.05, 3.63) is 29.8 Å². The molecule has 0 aliphatic heterocycles. The molecule has 7 nitrogen and oxygen atoms in total. The zero-order valence-electron chi connectivity index (χ0n) is 12.0. The highest BCUT2D eigenvalue weighted by atomic mass is 32.2. The van der Waals surface area contributed by atoms with Crippen molar-refractivity contribution in [3.63, 3.8) is 0 Å². The number of anilines is 1. The summed E-state index contributed by atoms with van der Waals surface area (Å²) in [6.45, 7) is 1.42. The first kappa shape index (κ1) is 17.0. The molecule has 1 amide bonds. The number of benzene rings is 1. The molecule has 1 aromatic rings. The van der Waals surface area contributed by atoms with Crippen LogP contribution in [0.1, 0.15) is 12.5 Å². The monoisotopic (exact) mass is 314 g/mol. The molecule has 21 heavy (non-hydrogen) atoms. The van der Waals surface area contributed by atoms with Crippen molar-refractivity contribution in [1.29, 1.82) is 0 Å². The van der Waals surface area contributed by atoms with Crippen LogP contribution in [0.3, 0.4) is 0 Å². The number of likely N-dealkylation sites (N-methyl/N-ethyl adjacent to an activating group) is 1. The van der Waals surface area contributed by atoms with Crippen LogP contribution in [0.25, 0.3) is 0 Å². The normalized spacial score (nSPS) is 12.5. The minimum Gasteiger partial charge on any atom is -0.480 e. The molecule has 0 fully saturated rings. The molecule has 0 spiro atoms. The summed E-state index contributed by atoms with van der Waals surface area (Å²) in [5.41, 5.74) is 0.954. The van der Waals surface area contributed by atoms with Gasteiger partial charge in [-0.25, -0.2) is 13.2 Å². The zero-order chi connectivity index (χ0) is 16.2. The smallest absolute Gasteiger partial charge is 0.326 e. The lowest BCUT2D eigenvalue weighted by Crippen LogP contribution is -2.41. The number of rotatable bonds is 6. The predicted octanol–water partition coefficient (Wildman–Crippen LogP) is 0.532. The maximum Gasteiger partial charge on any atom is 0.326 e. The van der Waals surface area contributed by atoms with E-state index in [4.69, 9.17) is 5.11 Å². The number of nitrogens with one attached hydrogen (secondary N) is 1. The van der Waals surface area contributed by atoms with Gasteiger partial charge >= 0.3 is 5.97 Å². The third-order valence-electron chi connectivity index (χ3n) is 2.92. The van der Waals surface area contributed by atoms with Crippen LogP contribution >= 0.6 is 0 Å². The van der Waals surface area contributed by atoms with Gasteiger partial charge in [-0.2, -0.15) is 0 Å². The third kappa shape index (κ3) is 5.42. The van der Waals surface area contributed by atoms with Crippen LogP contribution in [-0.4, -0.2) is 49.6 Å². The number of nitrogens with zero attached hydrogens (tertiary/aromatic N) is 1. The standard InChI is InChI=1S/C13H18N2O5S/c1-9(13(17)18)15(2)12(16)8-10-5-4-6-11(7-10)14-21(3,19)20/h4-7,9,14H,8H2,1-3H3,(H,17,18). The first-order chi connectivity index (χ1) is 9.60. The average Bonchev–Trinajstić information content (AvgIpc) is 2.35. The Bertz CT molecular complexity index is 642. The Balaban J connectivity index is 2.82. The van der Waals surface area contributed by atoms with Crippen LogP contribution in [0.4, 0.5) is 5.69 Å². The second-order valence-electron chi connectivity index (χ2n) is 4.77. The van der Waals surface area contributed by atoms with Gasteiger partial charge in [0, 0.05) is 12.7 Å². The summed E-state index contributed by atoms with van der Waals surface area (Å²) < 4.78 is 24.6. The molecule has 8 heteroatoms. The number of carbonyl (C=O) groups excluding carboxylic acids is 1. The number of carboxylic acids is 1. The van der Waals surface area contributed by atoms with E-state index in [2.05, 4.69) is 4.72 Å². The van der Waals surface area contributed by atoms with Gasteiger partial charge in [-0.3, -0.25) is 9.52 Å².